The fourth-order valence-electron chi connectivity index (χ4n) is 4.20. The first-order valence-electron chi connectivity index (χ1n) is 13.4. The van der Waals surface area contributed by atoms with E-state index in [1.54, 1.807) is 12.1 Å². The summed E-state index contributed by atoms with van der Waals surface area (Å²) < 4.78 is 0. The summed E-state index contributed by atoms with van der Waals surface area (Å²) in [5, 5.41) is 8.64. The quantitative estimate of drug-likeness (QED) is 0.262. The van der Waals surface area contributed by atoms with Gasteiger partial charge in [-0.15, -0.1) is 0 Å². The minimum absolute atomic E-state index is 0.197. The lowest BCUT2D eigenvalue weighted by atomic mass is 9.78. The van der Waals surface area contributed by atoms with Gasteiger partial charge in [0, 0.05) is 17.8 Å². The number of aryl methyl sites for hydroxylation is 3. The van der Waals surface area contributed by atoms with Crippen LogP contribution in [0.1, 0.15) is 68.7 Å². The molecule has 0 aliphatic rings. The minimum atomic E-state index is -1.52. The Hall–Kier alpha value is -3.93. The first kappa shape index (κ1) is 30.3. The Kier molecular flexibility index (Phi) is 11.7. The molecule has 1 atom stereocenters. The second kappa shape index (κ2) is 14.7. The van der Waals surface area contributed by atoms with Gasteiger partial charge in [0.25, 0.3) is 0 Å². The summed E-state index contributed by atoms with van der Waals surface area (Å²) in [4.78, 5) is 40.4. The van der Waals surface area contributed by atoms with Gasteiger partial charge in [-0.3, -0.25) is 9.59 Å². The van der Waals surface area contributed by atoms with Crippen molar-refractivity contribution in [3.8, 4) is 0 Å². The van der Waals surface area contributed by atoms with Crippen molar-refractivity contribution in [1.29, 1.82) is 0 Å². The third kappa shape index (κ3) is 8.30. The van der Waals surface area contributed by atoms with Crippen LogP contribution in [-0.2, 0) is 15.1 Å². The van der Waals surface area contributed by atoms with Gasteiger partial charge in [0.15, 0.2) is 5.78 Å². The molecular weight excluding hydrogens is 474 g/mol. The van der Waals surface area contributed by atoms with Crippen LogP contribution in [0.5, 0.6) is 0 Å². The number of hydrogen-bond acceptors (Lipinski definition) is 3. The molecule has 202 valence electrons. The molecule has 0 fully saturated rings. The van der Waals surface area contributed by atoms with Crippen molar-refractivity contribution in [2.24, 2.45) is 0 Å². The lowest BCUT2D eigenvalue weighted by Crippen LogP contribution is -2.55. The van der Waals surface area contributed by atoms with Crippen molar-refractivity contribution in [3.05, 3.63) is 95.1 Å². The van der Waals surface area contributed by atoms with Crippen LogP contribution in [0.25, 0.3) is 0 Å². The third-order valence-electron chi connectivity index (χ3n) is 6.24. The molecule has 0 aromatic heterocycles. The van der Waals surface area contributed by atoms with E-state index in [9.17, 15) is 14.4 Å². The van der Waals surface area contributed by atoms with Crippen molar-refractivity contribution in [1.82, 2.24) is 5.32 Å². The van der Waals surface area contributed by atoms with E-state index in [1.807, 2.05) is 102 Å². The zero-order chi connectivity index (χ0) is 28.1. The van der Waals surface area contributed by atoms with Crippen molar-refractivity contribution in [2.45, 2.75) is 72.8 Å². The Balaban J connectivity index is 0.00000247. The van der Waals surface area contributed by atoms with E-state index in [0.717, 1.165) is 23.1 Å². The molecule has 0 saturated heterocycles. The number of nitrogens with one attached hydrogen (secondary N) is 3. The number of hydrogen-bond donors (Lipinski definition) is 3. The molecule has 6 heteroatoms. The molecule has 6 nitrogen and oxygen atoms in total. The second-order valence-electron chi connectivity index (χ2n) is 9.28. The van der Waals surface area contributed by atoms with Crippen LogP contribution < -0.4 is 16.0 Å². The highest BCUT2D eigenvalue weighted by atomic mass is 16.2. The van der Waals surface area contributed by atoms with E-state index in [-0.39, 0.29) is 24.5 Å². The molecule has 0 aliphatic heterocycles. The molecule has 3 aromatic rings. The highest BCUT2D eigenvalue weighted by Gasteiger charge is 2.43. The molecule has 0 heterocycles. The van der Waals surface area contributed by atoms with Crippen molar-refractivity contribution >= 4 is 29.1 Å². The molecule has 0 radical (unpaired) electrons. The van der Waals surface area contributed by atoms with Crippen LogP contribution >= 0.6 is 0 Å². The van der Waals surface area contributed by atoms with Crippen molar-refractivity contribution in [3.63, 3.8) is 0 Å². The molecule has 0 saturated carbocycles. The number of rotatable bonds is 10. The lowest BCUT2D eigenvalue weighted by molar-refractivity contribution is -0.129. The predicted molar refractivity (Wildman–Crippen MR) is 156 cm³/mol. The number of benzene rings is 3. The topological polar surface area (TPSA) is 87.3 Å². The first-order chi connectivity index (χ1) is 18.2. The zero-order valence-electron chi connectivity index (χ0n) is 23.5. The first-order valence-corrected chi connectivity index (χ1v) is 13.4. The number of ketones is 1. The van der Waals surface area contributed by atoms with E-state index in [0.29, 0.717) is 23.4 Å². The second-order valence-corrected chi connectivity index (χ2v) is 9.28. The average molecular weight is 516 g/mol. The van der Waals surface area contributed by atoms with Gasteiger partial charge in [0.1, 0.15) is 5.54 Å². The van der Waals surface area contributed by atoms with Gasteiger partial charge in [-0.1, -0.05) is 86.8 Å². The zero-order valence-corrected chi connectivity index (χ0v) is 23.5. The van der Waals surface area contributed by atoms with Crippen molar-refractivity contribution < 1.29 is 14.4 Å². The molecule has 1 unspecified atom stereocenters. The summed E-state index contributed by atoms with van der Waals surface area (Å²) in [5.41, 5.74) is 3.29. The molecule has 0 aliphatic carbocycles. The standard InChI is InChI=1S/C30H35N3O3.C2H6/c1-5-6-11-27(34)30(26-10-8-7-9-23(26)4,20-28(35)31-24-16-12-21(2)13-17-24)33-29(36)32-25-18-14-22(3)15-19-25;1-2/h7-10,12-19H,5-6,11,20H2,1-4H3,(H,31,35)(H2,32,33,36);1-2H3. The number of carbonyl (C=O) groups excluding carboxylic acids is 3. The Labute approximate surface area is 227 Å². The summed E-state index contributed by atoms with van der Waals surface area (Å²) in [7, 11) is 0. The predicted octanol–water partition coefficient (Wildman–Crippen LogP) is 7.44. The summed E-state index contributed by atoms with van der Waals surface area (Å²) in [6, 6.07) is 21.7. The summed E-state index contributed by atoms with van der Waals surface area (Å²) in [6.45, 7) is 11.8. The summed E-state index contributed by atoms with van der Waals surface area (Å²) in [5.74, 6) is -0.556. The molecule has 0 bridgehead atoms. The van der Waals surface area contributed by atoms with Crippen LogP contribution in [0.15, 0.2) is 72.8 Å². The van der Waals surface area contributed by atoms with Gasteiger partial charge >= 0.3 is 6.03 Å². The SMILES string of the molecule is CC.CCCCC(=O)C(CC(=O)Nc1ccc(C)cc1)(NC(=O)Nc1ccc(C)cc1)c1ccccc1C. The summed E-state index contributed by atoms with van der Waals surface area (Å²) in [6.07, 6.45) is 1.50. The summed E-state index contributed by atoms with van der Waals surface area (Å²) >= 11 is 0. The van der Waals surface area contributed by atoms with Crippen LogP contribution in [-0.4, -0.2) is 17.7 Å². The molecule has 3 rings (SSSR count). The Morgan fingerprint density at radius 1 is 0.737 bits per heavy atom. The Bertz CT molecular complexity index is 1140. The van der Waals surface area contributed by atoms with Crippen LogP contribution in [0.4, 0.5) is 16.2 Å². The number of amides is 3. The van der Waals surface area contributed by atoms with Crippen LogP contribution in [0.3, 0.4) is 0 Å². The molecule has 38 heavy (non-hydrogen) atoms. The van der Waals surface area contributed by atoms with Gasteiger partial charge in [-0.05, 0) is 62.6 Å². The number of Topliss-reactive ketones (excluding diaryl/α,β-unsaturated/α-hetero) is 1. The molecule has 3 N–H and O–H groups in total. The average Bonchev–Trinajstić information content (AvgIpc) is 2.91. The maximum Gasteiger partial charge on any atom is 0.320 e. The van der Waals surface area contributed by atoms with Crippen LogP contribution in [0, 0.1) is 20.8 Å². The van der Waals surface area contributed by atoms with Crippen LogP contribution in [0.2, 0.25) is 0 Å². The third-order valence-corrected chi connectivity index (χ3v) is 6.24. The number of carbonyl (C=O) groups is 3. The van der Waals surface area contributed by atoms with E-state index in [2.05, 4.69) is 16.0 Å². The smallest absolute Gasteiger partial charge is 0.320 e. The molecular formula is C32H41N3O3. The van der Waals surface area contributed by atoms with Gasteiger partial charge < -0.3 is 16.0 Å². The molecule has 3 aromatic carbocycles. The highest BCUT2D eigenvalue weighted by Crippen LogP contribution is 2.32. The number of urea groups is 1. The van der Waals surface area contributed by atoms with Crippen molar-refractivity contribution in [2.75, 3.05) is 10.6 Å². The Morgan fingerprint density at radius 3 is 1.79 bits per heavy atom. The minimum Gasteiger partial charge on any atom is -0.326 e. The van der Waals surface area contributed by atoms with E-state index in [1.165, 1.54) is 0 Å². The monoisotopic (exact) mass is 515 g/mol. The maximum absolute atomic E-state index is 13.8. The number of anilines is 2. The van der Waals surface area contributed by atoms with E-state index < -0.39 is 11.6 Å². The number of unbranched alkanes of at least 4 members (excludes halogenated alkanes) is 1. The fraction of sp³-hybridized carbons (Fsp3) is 0.344. The van der Waals surface area contributed by atoms with Gasteiger partial charge in [0.2, 0.25) is 5.91 Å². The fourth-order valence-corrected chi connectivity index (χ4v) is 4.20. The van der Waals surface area contributed by atoms with E-state index in [4.69, 9.17) is 0 Å². The van der Waals surface area contributed by atoms with E-state index >= 15 is 0 Å². The van der Waals surface area contributed by atoms with Gasteiger partial charge in [0.05, 0.1) is 6.42 Å². The largest absolute Gasteiger partial charge is 0.326 e. The molecule has 3 amide bonds. The highest BCUT2D eigenvalue weighted by molar-refractivity contribution is 6.02. The van der Waals surface area contributed by atoms with Gasteiger partial charge in [-0.2, -0.15) is 0 Å². The normalized spacial score (nSPS) is 11.8. The lowest BCUT2D eigenvalue weighted by Gasteiger charge is -2.35. The molecule has 0 spiro atoms. The Morgan fingerprint density at radius 2 is 1.26 bits per heavy atom. The maximum atomic E-state index is 13.8. The van der Waals surface area contributed by atoms with Gasteiger partial charge in [-0.25, -0.2) is 4.79 Å².